The highest BCUT2D eigenvalue weighted by atomic mass is 16.5. The number of benzene rings is 1. The normalized spacial score (nSPS) is 23.6. The lowest BCUT2D eigenvalue weighted by Gasteiger charge is -2.18. The van der Waals surface area contributed by atoms with Crippen LogP contribution in [-0.2, 0) is 6.42 Å². The van der Waals surface area contributed by atoms with Crippen LogP contribution in [0, 0.1) is 5.92 Å². The molecule has 1 fully saturated rings. The topological polar surface area (TPSA) is 21.3 Å². The molecule has 1 aromatic rings. The molecule has 18 heavy (non-hydrogen) atoms. The largest absolute Gasteiger partial charge is 0.490 e. The van der Waals surface area contributed by atoms with Gasteiger partial charge in [0.25, 0.3) is 0 Å². The minimum atomic E-state index is 0.344. The lowest BCUT2D eigenvalue weighted by Crippen LogP contribution is -2.21. The second kappa shape index (κ2) is 4.93. The Bertz CT molecular complexity index is 425. The first kappa shape index (κ1) is 12.0. The van der Waals surface area contributed by atoms with Crippen molar-refractivity contribution in [3.63, 3.8) is 0 Å². The molecule has 1 N–H and O–H groups in total. The molecule has 2 unspecified atom stereocenters. The third-order valence-corrected chi connectivity index (χ3v) is 4.04. The smallest absolute Gasteiger partial charge is 0.123 e. The summed E-state index contributed by atoms with van der Waals surface area (Å²) in [5, 5.41) is 3.63. The van der Waals surface area contributed by atoms with E-state index in [4.69, 9.17) is 4.74 Å². The van der Waals surface area contributed by atoms with Crippen LogP contribution in [0.2, 0.25) is 0 Å². The van der Waals surface area contributed by atoms with E-state index >= 15 is 0 Å². The van der Waals surface area contributed by atoms with Gasteiger partial charge in [-0.15, -0.1) is 0 Å². The van der Waals surface area contributed by atoms with Gasteiger partial charge in [-0.25, -0.2) is 0 Å². The van der Waals surface area contributed by atoms with Crippen molar-refractivity contribution in [2.24, 2.45) is 5.92 Å². The van der Waals surface area contributed by atoms with Crippen LogP contribution in [0.5, 0.6) is 5.75 Å². The van der Waals surface area contributed by atoms with Gasteiger partial charge >= 0.3 is 0 Å². The van der Waals surface area contributed by atoms with Crippen molar-refractivity contribution >= 4 is 0 Å². The molecule has 0 amide bonds. The standard InChI is InChI=1S/C16H23NO/c1-3-17-15(9-12-4-5-12)13-6-7-16-14(10-13)8-11(2)18-16/h6-7,10-12,15,17H,3-5,8-9H2,1-2H3. The minimum Gasteiger partial charge on any atom is -0.490 e. The highest BCUT2D eigenvalue weighted by Crippen LogP contribution is 2.39. The van der Waals surface area contributed by atoms with Crippen LogP contribution in [0.4, 0.5) is 0 Å². The number of rotatable bonds is 5. The third kappa shape index (κ3) is 2.54. The number of ether oxygens (including phenoxy) is 1. The molecule has 98 valence electrons. The zero-order chi connectivity index (χ0) is 12.5. The fraction of sp³-hybridized carbons (Fsp3) is 0.625. The lowest BCUT2D eigenvalue weighted by molar-refractivity contribution is 0.254. The fourth-order valence-corrected chi connectivity index (χ4v) is 2.93. The molecule has 0 saturated heterocycles. The van der Waals surface area contributed by atoms with Crippen LogP contribution >= 0.6 is 0 Å². The molecule has 0 aromatic heterocycles. The summed E-state index contributed by atoms with van der Waals surface area (Å²) in [6.45, 7) is 5.38. The highest BCUT2D eigenvalue weighted by molar-refractivity contribution is 5.41. The van der Waals surface area contributed by atoms with Gasteiger partial charge in [0.2, 0.25) is 0 Å². The van der Waals surface area contributed by atoms with Crippen molar-refractivity contribution in [1.82, 2.24) is 5.32 Å². The van der Waals surface area contributed by atoms with Crippen LogP contribution in [0.15, 0.2) is 18.2 Å². The molecule has 0 bridgehead atoms. The summed E-state index contributed by atoms with van der Waals surface area (Å²) in [7, 11) is 0. The summed E-state index contributed by atoms with van der Waals surface area (Å²) in [5.74, 6) is 2.05. The molecular formula is C16H23NO. The van der Waals surface area contributed by atoms with Crippen molar-refractivity contribution in [3.05, 3.63) is 29.3 Å². The van der Waals surface area contributed by atoms with Crippen LogP contribution in [0.25, 0.3) is 0 Å². The second-order valence-electron chi connectivity index (χ2n) is 5.79. The maximum atomic E-state index is 5.77. The van der Waals surface area contributed by atoms with E-state index in [-0.39, 0.29) is 0 Å². The molecule has 1 aliphatic heterocycles. The van der Waals surface area contributed by atoms with Crippen molar-refractivity contribution in [2.75, 3.05) is 6.54 Å². The maximum Gasteiger partial charge on any atom is 0.123 e. The fourth-order valence-electron chi connectivity index (χ4n) is 2.93. The maximum absolute atomic E-state index is 5.77. The third-order valence-electron chi connectivity index (χ3n) is 4.04. The Labute approximate surface area is 110 Å². The van der Waals surface area contributed by atoms with E-state index in [9.17, 15) is 0 Å². The van der Waals surface area contributed by atoms with E-state index in [1.807, 2.05) is 0 Å². The Hall–Kier alpha value is -1.02. The molecule has 0 radical (unpaired) electrons. The summed E-state index contributed by atoms with van der Waals surface area (Å²) < 4.78 is 5.77. The highest BCUT2D eigenvalue weighted by Gasteiger charge is 2.27. The first-order valence-electron chi connectivity index (χ1n) is 7.29. The van der Waals surface area contributed by atoms with Gasteiger partial charge in [-0.05, 0) is 43.0 Å². The lowest BCUT2D eigenvalue weighted by atomic mass is 9.98. The molecule has 2 aliphatic rings. The molecule has 1 aromatic carbocycles. The SMILES string of the molecule is CCNC(CC1CC1)c1ccc2c(c1)CC(C)O2. The number of hydrogen-bond acceptors (Lipinski definition) is 2. The van der Waals surface area contributed by atoms with Gasteiger partial charge in [0.15, 0.2) is 0 Å². The van der Waals surface area contributed by atoms with E-state index in [1.165, 1.54) is 30.4 Å². The zero-order valence-corrected chi connectivity index (χ0v) is 11.4. The molecule has 0 spiro atoms. The number of fused-ring (bicyclic) bond motifs is 1. The van der Waals surface area contributed by atoms with Crippen LogP contribution in [0.1, 0.15) is 50.3 Å². The second-order valence-corrected chi connectivity index (χ2v) is 5.79. The Morgan fingerprint density at radius 1 is 1.39 bits per heavy atom. The molecule has 2 nitrogen and oxygen atoms in total. The van der Waals surface area contributed by atoms with Crippen LogP contribution in [0.3, 0.4) is 0 Å². The van der Waals surface area contributed by atoms with E-state index in [0.29, 0.717) is 12.1 Å². The molecule has 1 heterocycles. The minimum absolute atomic E-state index is 0.344. The average molecular weight is 245 g/mol. The number of hydrogen-bond donors (Lipinski definition) is 1. The van der Waals surface area contributed by atoms with E-state index in [0.717, 1.165) is 24.6 Å². The monoisotopic (exact) mass is 245 g/mol. The average Bonchev–Trinajstić information content (AvgIpc) is 3.07. The van der Waals surface area contributed by atoms with Gasteiger partial charge in [0.1, 0.15) is 11.9 Å². The summed E-state index contributed by atoms with van der Waals surface area (Å²) in [5.41, 5.74) is 2.83. The van der Waals surface area contributed by atoms with Gasteiger partial charge in [-0.3, -0.25) is 0 Å². The molecular weight excluding hydrogens is 222 g/mol. The molecule has 3 rings (SSSR count). The zero-order valence-electron chi connectivity index (χ0n) is 11.4. The van der Waals surface area contributed by atoms with E-state index in [2.05, 4.69) is 37.4 Å². The van der Waals surface area contributed by atoms with Gasteiger partial charge in [-0.2, -0.15) is 0 Å². The Balaban J connectivity index is 1.78. The van der Waals surface area contributed by atoms with Gasteiger partial charge in [0, 0.05) is 12.5 Å². The molecule has 2 atom stereocenters. The predicted molar refractivity (Wildman–Crippen MR) is 74.0 cm³/mol. The molecule has 1 aliphatic carbocycles. The van der Waals surface area contributed by atoms with Crippen molar-refractivity contribution < 1.29 is 4.74 Å². The first-order valence-corrected chi connectivity index (χ1v) is 7.29. The summed E-state index contributed by atoms with van der Waals surface area (Å²) >= 11 is 0. The molecule has 2 heteroatoms. The number of nitrogens with one attached hydrogen (secondary N) is 1. The summed E-state index contributed by atoms with van der Waals surface area (Å²) in [4.78, 5) is 0. The Morgan fingerprint density at radius 2 is 2.22 bits per heavy atom. The Morgan fingerprint density at radius 3 is 2.94 bits per heavy atom. The molecule has 1 saturated carbocycles. The predicted octanol–water partition coefficient (Wildman–Crippen LogP) is 3.46. The van der Waals surface area contributed by atoms with Crippen molar-refractivity contribution in [3.8, 4) is 5.75 Å². The van der Waals surface area contributed by atoms with E-state index in [1.54, 1.807) is 0 Å². The Kier molecular flexibility index (Phi) is 3.29. The van der Waals surface area contributed by atoms with Gasteiger partial charge < -0.3 is 10.1 Å². The van der Waals surface area contributed by atoms with Crippen LogP contribution < -0.4 is 10.1 Å². The van der Waals surface area contributed by atoms with Crippen molar-refractivity contribution in [1.29, 1.82) is 0 Å². The van der Waals surface area contributed by atoms with Gasteiger partial charge in [0.05, 0.1) is 0 Å². The summed E-state index contributed by atoms with van der Waals surface area (Å²) in [6.07, 6.45) is 5.55. The first-order chi connectivity index (χ1) is 8.76. The summed E-state index contributed by atoms with van der Waals surface area (Å²) in [6, 6.07) is 7.29. The van der Waals surface area contributed by atoms with Crippen molar-refractivity contribution in [2.45, 2.75) is 51.7 Å². The quantitative estimate of drug-likeness (QED) is 0.857. The van der Waals surface area contributed by atoms with Crippen LogP contribution in [-0.4, -0.2) is 12.6 Å². The van der Waals surface area contributed by atoms with E-state index < -0.39 is 0 Å². The van der Waals surface area contributed by atoms with Gasteiger partial charge in [-0.1, -0.05) is 31.9 Å².